The Morgan fingerprint density at radius 2 is 1.94 bits per heavy atom. The highest BCUT2D eigenvalue weighted by Crippen LogP contribution is 2.35. The fourth-order valence-corrected chi connectivity index (χ4v) is 4.80. The molecular weight excluding hydrogens is 425 g/mol. The minimum atomic E-state index is -0.910. The molecule has 2 saturated heterocycles. The first-order chi connectivity index (χ1) is 16.1. The summed E-state index contributed by atoms with van der Waals surface area (Å²) in [7, 11) is 1.49. The second-order valence-electron chi connectivity index (χ2n) is 8.59. The van der Waals surface area contributed by atoms with E-state index in [1.807, 2.05) is 12.1 Å². The van der Waals surface area contributed by atoms with Crippen LogP contribution in [0.2, 0.25) is 0 Å². The Hall–Kier alpha value is -3.04. The third-order valence-corrected chi connectivity index (χ3v) is 6.62. The van der Waals surface area contributed by atoms with Crippen molar-refractivity contribution >= 4 is 22.4 Å². The van der Waals surface area contributed by atoms with Crippen LogP contribution in [0.5, 0.6) is 5.75 Å². The number of nitrogens with zero attached hydrogens (tertiary/aromatic N) is 5. The minimum absolute atomic E-state index is 0.126. The maximum absolute atomic E-state index is 14.6. The molecule has 9 heteroatoms. The van der Waals surface area contributed by atoms with Crippen LogP contribution in [-0.4, -0.2) is 67.0 Å². The number of halogens is 1. The van der Waals surface area contributed by atoms with Crippen molar-refractivity contribution in [2.24, 2.45) is 5.92 Å². The number of benzene rings is 2. The van der Waals surface area contributed by atoms with E-state index < -0.39 is 11.9 Å². The topological polar surface area (TPSA) is 83.8 Å². The lowest BCUT2D eigenvalue weighted by molar-refractivity contribution is 0.0944. The number of anilines is 2. The van der Waals surface area contributed by atoms with Gasteiger partial charge in [0.2, 0.25) is 0 Å². The van der Waals surface area contributed by atoms with Crippen molar-refractivity contribution in [3.63, 3.8) is 0 Å². The lowest BCUT2D eigenvalue weighted by Gasteiger charge is -2.36. The molecule has 1 aromatic heterocycles. The summed E-state index contributed by atoms with van der Waals surface area (Å²) in [6, 6.07) is 10.8. The molecule has 2 aromatic carbocycles. The van der Waals surface area contributed by atoms with Gasteiger partial charge in [0.15, 0.2) is 5.82 Å². The summed E-state index contributed by atoms with van der Waals surface area (Å²) < 4.78 is 25.1. The maximum atomic E-state index is 14.6. The second kappa shape index (κ2) is 9.44. The molecule has 2 aliphatic rings. The van der Waals surface area contributed by atoms with Crippen molar-refractivity contribution in [3.05, 3.63) is 47.8 Å². The van der Waals surface area contributed by atoms with E-state index in [1.54, 1.807) is 12.1 Å². The zero-order valence-electron chi connectivity index (χ0n) is 18.7. The monoisotopic (exact) mass is 453 g/mol. The normalized spacial score (nSPS) is 20.2. The Labute approximate surface area is 191 Å². The molecular formula is C24H28FN5O3. The summed E-state index contributed by atoms with van der Waals surface area (Å²) in [5.74, 6) is 0.604. The summed E-state index contributed by atoms with van der Waals surface area (Å²) in [4.78, 5) is 4.41. The molecule has 0 spiro atoms. The molecule has 174 valence electrons. The molecule has 0 bridgehead atoms. The second-order valence-corrected chi connectivity index (χ2v) is 8.59. The molecule has 8 nitrogen and oxygen atoms in total. The average Bonchev–Trinajstić information content (AvgIpc) is 2.88. The maximum Gasteiger partial charge on any atom is 0.162 e. The van der Waals surface area contributed by atoms with Crippen LogP contribution < -0.4 is 14.5 Å². The van der Waals surface area contributed by atoms with Gasteiger partial charge in [-0.25, -0.2) is 4.39 Å². The van der Waals surface area contributed by atoms with Crippen molar-refractivity contribution < 1.29 is 19.0 Å². The van der Waals surface area contributed by atoms with Gasteiger partial charge in [-0.2, -0.15) is 0 Å². The van der Waals surface area contributed by atoms with Gasteiger partial charge in [0, 0.05) is 54.8 Å². The van der Waals surface area contributed by atoms with E-state index in [1.165, 1.54) is 13.2 Å². The number of aliphatic hydroxyl groups excluding tert-OH is 1. The summed E-state index contributed by atoms with van der Waals surface area (Å²) in [5.41, 5.74) is 2.18. The van der Waals surface area contributed by atoms with Crippen molar-refractivity contribution in [1.82, 2.24) is 15.4 Å². The first-order valence-electron chi connectivity index (χ1n) is 11.4. The van der Waals surface area contributed by atoms with Gasteiger partial charge in [0.05, 0.1) is 26.4 Å². The number of fused-ring (bicyclic) bond motifs is 1. The number of hydrogen-bond acceptors (Lipinski definition) is 8. The van der Waals surface area contributed by atoms with Crippen molar-refractivity contribution in [2.45, 2.75) is 18.9 Å². The number of methoxy groups -OCH3 is 1. The fraction of sp³-hybridized carbons (Fsp3) is 0.458. The molecule has 2 aliphatic heterocycles. The van der Waals surface area contributed by atoms with E-state index in [2.05, 4.69) is 31.3 Å². The van der Waals surface area contributed by atoms with Gasteiger partial charge in [-0.1, -0.05) is 0 Å². The van der Waals surface area contributed by atoms with E-state index in [0.29, 0.717) is 17.9 Å². The highest BCUT2D eigenvalue weighted by Gasteiger charge is 2.30. The number of aliphatic hydroxyl groups is 1. The Morgan fingerprint density at radius 3 is 2.73 bits per heavy atom. The molecule has 2 fully saturated rings. The number of hydrogen-bond donors (Lipinski definition) is 1. The van der Waals surface area contributed by atoms with Crippen LogP contribution in [0.15, 0.2) is 36.4 Å². The number of aromatic nitrogens is 3. The molecule has 5 rings (SSSR count). The summed E-state index contributed by atoms with van der Waals surface area (Å²) in [6.45, 7) is 4.50. The van der Waals surface area contributed by atoms with Gasteiger partial charge >= 0.3 is 0 Å². The van der Waals surface area contributed by atoms with Crippen LogP contribution in [0.4, 0.5) is 15.9 Å². The highest BCUT2D eigenvalue weighted by molar-refractivity contribution is 5.91. The quantitative estimate of drug-likeness (QED) is 0.631. The van der Waals surface area contributed by atoms with E-state index in [0.717, 1.165) is 68.1 Å². The first-order valence-corrected chi connectivity index (χ1v) is 11.4. The Morgan fingerprint density at radius 1 is 1.09 bits per heavy atom. The van der Waals surface area contributed by atoms with Gasteiger partial charge < -0.3 is 24.4 Å². The van der Waals surface area contributed by atoms with Gasteiger partial charge in [-0.15, -0.1) is 10.2 Å². The molecule has 0 saturated carbocycles. The molecule has 0 radical (unpaired) electrons. The highest BCUT2D eigenvalue weighted by atomic mass is 19.1. The Balaban J connectivity index is 1.38. The largest absolute Gasteiger partial charge is 0.497 e. The zero-order chi connectivity index (χ0) is 22.8. The lowest BCUT2D eigenvalue weighted by atomic mass is 9.88. The van der Waals surface area contributed by atoms with Crippen LogP contribution in [0.3, 0.4) is 0 Å². The molecule has 0 unspecified atom stereocenters. The molecule has 3 heterocycles. The fourth-order valence-electron chi connectivity index (χ4n) is 4.80. The third-order valence-electron chi connectivity index (χ3n) is 6.62. The van der Waals surface area contributed by atoms with Crippen LogP contribution in [-0.2, 0) is 4.74 Å². The van der Waals surface area contributed by atoms with Crippen molar-refractivity contribution in [1.29, 1.82) is 0 Å². The lowest BCUT2D eigenvalue weighted by Crippen LogP contribution is -2.39. The summed E-state index contributed by atoms with van der Waals surface area (Å²) in [5, 5.41) is 24.5. The number of rotatable bonds is 5. The number of piperidine rings is 1. The molecule has 3 aromatic rings. The van der Waals surface area contributed by atoms with E-state index in [9.17, 15) is 9.50 Å². The van der Waals surface area contributed by atoms with Crippen molar-refractivity contribution in [3.8, 4) is 5.75 Å². The van der Waals surface area contributed by atoms with E-state index >= 15 is 0 Å². The van der Waals surface area contributed by atoms with E-state index in [-0.39, 0.29) is 5.92 Å². The van der Waals surface area contributed by atoms with Gasteiger partial charge in [-0.05, 0) is 48.4 Å². The Kier molecular flexibility index (Phi) is 6.24. The van der Waals surface area contributed by atoms with Crippen LogP contribution in [0.1, 0.15) is 24.5 Å². The van der Waals surface area contributed by atoms with Gasteiger partial charge in [-0.3, -0.25) is 0 Å². The van der Waals surface area contributed by atoms with Crippen LogP contribution >= 0.6 is 0 Å². The van der Waals surface area contributed by atoms with Crippen molar-refractivity contribution in [2.75, 3.05) is 56.3 Å². The standard InChI is InChI=1S/C24H28FN5O3/c1-32-18-5-7-19(21(25)14-18)23(31)16-3-2-8-30(15-16)24-20-6-4-17(13-22(20)26-28-27-24)29-9-11-33-12-10-29/h4-7,13-14,16,23,31H,2-3,8-12,15H2,1H3/t16-,23+/m0/s1. The number of ether oxygens (including phenoxy) is 2. The zero-order valence-corrected chi connectivity index (χ0v) is 18.7. The SMILES string of the molecule is COc1ccc([C@H](O)[C@H]2CCCN(c3nnnc4cc(N5CCOCC5)ccc34)C2)c(F)c1. The van der Waals surface area contributed by atoms with Gasteiger partial charge in [0.25, 0.3) is 0 Å². The van der Waals surface area contributed by atoms with Crippen LogP contribution in [0, 0.1) is 11.7 Å². The van der Waals surface area contributed by atoms with Crippen LogP contribution in [0.25, 0.3) is 10.9 Å². The number of morpholine rings is 1. The first kappa shape index (κ1) is 21.8. The smallest absolute Gasteiger partial charge is 0.162 e. The third kappa shape index (κ3) is 4.43. The minimum Gasteiger partial charge on any atom is -0.497 e. The average molecular weight is 454 g/mol. The summed E-state index contributed by atoms with van der Waals surface area (Å²) >= 11 is 0. The molecule has 1 N–H and O–H groups in total. The summed E-state index contributed by atoms with van der Waals surface area (Å²) in [6.07, 6.45) is 0.769. The molecule has 0 aliphatic carbocycles. The molecule has 2 atom stereocenters. The molecule has 33 heavy (non-hydrogen) atoms. The Bertz CT molecular complexity index is 1120. The predicted molar refractivity (Wildman–Crippen MR) is 123 cm³/mol. The molecule has 0 amide bonds. The van der Waals surface area contributed by atoms with Gasteiger partial charge in [0.1, 0.15) is 17.1 Å². The predicted octanol–water partition coefficient (Wildman–Crippen LogP) is 2.96. The van der Waals surface area contributed by atoms with E-state index in [4.69, 9.17) is 9.47 Å².